The smallest absolute Gasteiger partial charge is 0.264 e. The predicted octanol–water partition coefficient (Wildman–Crippen LogP) is 5.60. The van der Waals surface area contributed by atoms with E-state index in [0.29, 0.717) is 29.5 Å². The molecule has 0 aliphatic rings. The molecule has 11 heteroatoms. The molecule has 0 aliphatic heterocycles. The molecule has 0 fully saturated rings. The Morgan fingerprint density at radius 3 is 2.29 bits per heavy atom. The number of carbonyl (C=O) groups is 2. The Balaban J connectivity index is 2.08. The zero-order valence-electron chi connectivity index (χ0n) is 23.7. The van der Waals surface area contributed by atoms with Gasteiger partial charge in [0.1, 0.15) is 18.3 Å². The van der Waals surface area contributed by atoms with Crippen LogP contribution in [0, 0.1) is 0 Å². The first-order valence-corrected chi connectivity index (χ1v) is 16.4. The molecule has 0 radical (unpaired) electrons. The van der Waals surface area contributed by atoms with Gasteiger partial charge in [-0.2, -0.15) is 0 Å². The van der Waals surface area contributed by atoms with Crippen LogP contribution in [0.5, 0.6) is 5.75 Å². The zero-order chi connectivity index (χ0) is 30.0. The minimum atomic E-state index is -4.22. The van der Waals surface area contributed by atoms with E-state index in [1.807, 2.05) is 13.2 Å². The maximum Gasteiger partial charge on any atom is 0.264 e. The van der Waals surface area contributed by atoms with Crippen molar-refractivity contribution < 1.29 is 22.7 Å². The fourth-order valence-corrected chi connectivity index (χ4v) is 6.15. The first kappa shape index (κ1) is 32.3. The van der Waals surface area contributed by atoms with Gasteiger partial charge in [-0.3, -0.25) is 13.9 Å². The van der Waals surface area contributed by atoms with Crippen LogP contribution in [0.4, 0.5) is 5.69 Å². The Labute approximate surface area is 252 Å². The molecule has 0 bridgehead atoms. The highest BCUT2D eigenvalue weighted by atomic mass is 35.5. The molecule has 41 heavy (non-hydrogen) atoms. The van der Waals surface area contributed by atoms with E-state index in [-0.39, 0.29) is 23.0 Å². The number of benzene rings is 3. The fourth-order valence-electron chi connectivity index (χ4n) is 4.12. The summed E-state index contributed by atoms with van der Waals surface area (Å²) in [6.45, 7) is 5.55. The van der Waals surface area contributed by atoms with Crippen LogP contribution in [0.2, 0.25) is 5.02 Å². The van der Waals surface area contributed by atoms with Crippen molar-refractivity contribution in [2.24, 2.45) is 0 Å². The number of carbonyl (C=O) groups excluding carboxylic acids is 2. The Hall–Kier alpha value is -3.21. The number of amides is 2. The van der Waals surface area contributed by atoms with Crippen molar-refractivity contribution in [3.05, 3.63) is 83.4 Å². The topological polar surface area (TPSA) is 96.0 Å². The number of hydrogen-bond acceptors (Lipinski definition) is 6. The molecular weight excluding hydrogens is 582 g/mol. The molecule has 1 atom stereocenters. The number of nitrogens with zero attached hydrogens (tertiary/aromatic N) is 2. The molecule has 0 aromatic heterocycles. The predicted molar refractivity (Wildman–Crippen MR) is 165 cm³/mol. The van der Waals surface area contributed by atoms with E-state index in [1.54, 1.807) is 74.5 Å². The third-order valence-electron chi connectivity index (χ3n) is 6.38. The van der Waals surface area contributed by atoms with E-state index in [0.717, 1.165) is 15.6 Å². The SMILES string of the molecule is CCCNC(=O)[C@@H](C)N(Cc1ccccc1Cl)C(=O)CN(c1ccccc1OCC)S(=O)(=O)c1ccc(SC)cc1. The molecule has 220 valence electrons. The van der Waals surface area contributed by atoms with E-state index in [4.69, 9.17) is 16.3 Å². The summed E-state index contributed by atoms with van der Waals surface area (Å²) < 4.78 is 35.0. The minimum absolute atomic E-state index is 0.0165. The van der Waals surface area contributed by atoms with E-state index in [2.05, 4.69) is 5.32 Å². The molecule has 8 nitrogen and oxygen atoms in total. The molecule has 3 rings (SSSR count). The maximum absolute atomic E-state index is 14.1. The molecule has 0 heterocycles. The van der Waals surface area contributed by atoms with Crippen molar-refractivity contribution in [3.63, 3.8) is 0 Å². The number of sulfonamides is 1. The van der Waals surface area contributed by atoms with Gasteiger partial charge >= 0.3 is 0 Å². The number of hydrogen-bond donors (Lipinski definition) is 1. The number of ether oxygens (including phenoxy) is 1. The average Bonchev–Trinajstić information content (AvgIpc) is 2.98. The van der Waals surface area contributed by atoms with Gasteiger partial charge in [-0.05, 0) is 74.6 Å². The van der Waals surface area contributed by atoms with Gasteiger partial charge in [0.15, 0.2) is 0 Å². The van der Waals surface area contributed by atoms with Crippen LogP contribution in [0.3, 0.4) is 0 Å². The zero-order valence-corrected chi connectivity index (χ0v) is 26.1. The lowest BCUT2D eigenvalue weighted by atomic mass is 10.1. The summed E-state index contributed by atoms with van der Waals surface area (Å²) in [5, 5.41) is 3.26. The molecule has 0 aliphatic carbocycles. The summed E-state index contributed by atoms with van der Waals surface area (Å²) in [5.74, 6) is -0.595. The molecule has 2 amide bonds. The third-order valence-corrected chi connectivity index (χ3v) is 9.26. The summed E-state index contributed by atoms with van der Waals surface area (Å²) in [7, 11) is -4.22. The summed E-state index contributed by atoms with van der Waals surface area (Å²) in [4.78, 5) is 29.4. The molecule has 3 aromatic rings. The Bertz CT molecular complexity index is 1430. The normalized spacial score (nSPS) is 11.9. The summed E-state index contributed by atoms with van der Waals surface area (Å²) in [5.41, 5.74) is 0.854. The van der Waals surface area contributed by atoms with Crippen molar-refractivity contribution in [1.29, 1.82) is 0 Å². The Kier molecular flexibility index (Phi) is 11.9. The van der Waals surface area contributed by atoms with Crippen LogP contribution in [-0.2, 0) is 26.2 Å². The average molecular weight is 618 g/mol. The second kappa shape index (κ2) is 15.1. The number of para-hydroxylation sites is 2. The van der Waals surface area contributed by atoms with Crippen molar-refractivity contribution in [1.82, 2.24) is 10.2 Å². The van der Waals surface area contributed by atoms with Gasteiger partial charge in [0.2, 0.25) is 11.8 Å². The first-order valence-electron chi connectivity index (χ1n) is 13.3. The lowest BCUT2D eigenvalue weighted by Crippen LogP contribution is -2.51. The number of thioether (sulfide) groups is 1. The van der Waals surface area contributed by atoms with Crippen LogP contribution in [0.15, 0.2) is 82.6 Å². The number of anilines is 1. The largest absolute Gasteiger partial charge is 0.492 e. The standard InChI is InChI=1S/C30H36ClN3O5S2/c1-5-19-32-30(36)22(3)33(20-23-11-7-8-12-26(23)31)29(35)21-34(27-13-9-10-14-28(27)39-6-2)41(37,38)25-17-15-24(40-4)16-18-25/h7-18,22H,5-6,19-21H2,1-4H3,(H,32,36)/t22-/m1/s1. The molecule has 0 saturated heterocycles. The van der Waals surface area contributed by atoms with Crippen LogP contribution in [0.1, 0.15) is 32.8 Å². The maximum atomic E-state index is 14.1. The lowest BCUT2D eigenvalue weighted by molar-refractivity contribution is -0.139. The van der Waals surface area contributed by atoms with Gasteiger partial charge in [0.25, 0.3) is 10.0 Å². The Morgan fingerprint density at radius 2 is 1.66 bits per heavy atom. The Morgan fingerprint density at radius 1 is 1.00 bits per heavy atom. The van der Waals surface area contributed by atoms with Crippen LogP contribution in [0.25, 0.3) is 0 Å². The van der Waals surface area contributed by atoms with Crippen LogP contribution >= 0.6 is 23.4 Å². The lowest BCUT2D eigenvalue weighted by Gasteiger charge is -2.32. The molecule has 1 N–H and O–H groups in total. The highest BCUT2D eigenvalue weighted by Crippen LogP contribution is 2.33. The van der Waals surface area contributed by atoms with Crippen molar-refractivity contribution >= 4 is 50.9 Å². The summed E-state index contributed by atoms with van der Waals surface area (Å²) in [6.07, 6.45) is 2.63. The highest BCUT2D eigenvalue weighted by Gasteiger charge is 2.34. The minimum Gasteiger partial charge on any atom is -0.492 e. The number of nitrogens with one attached hydrogen (secondary N) is 1. The summed E-state index contributed by atoms with van der Waals surface area (Å²) >= 11 is 7.90. The van der Waals surface area contributed by atoms with E-state index >= 15 is 0 Å². The quantitative estimate of drug-likeness (QED) is 0.237. The monoisotopic (exact) mass is 617 g/mol. The molecule has 3 aromatic carbocycles. The molecular formula is C30H36ClN3O5S2. The van der Waals surface area contributed by atoms with Gasteiger partial charge in [-0.25, -0.2) is 8.42 Å². The van der Waals surface area contributed by atoms with E-state index in [9.17, 15) is 18.0 Å². The van der Waals surface area contributed by atoms with Gasteiger partial charge in [0, 0.05) is 23.0 Å². The van der Waals surface area contributed by atoms with Crippen molar-refractivity contribution in [3.8, 4) is 5.75 Å². The summed E-state index contributed by atoms with van der Waals surface area (Å²) in [6, 6.07) is 19.3. The van der Waals surface area contributed by atoms with Crippen LogP contribution < -0.4 is 14.4 Å². The molecule has 0 spiro atoms. The number of rotatable bonds is 14. The second-order valence-electron chi connectivity index (χ2n) is 9.17. The number of halogens is 1. The highest BCUT2D eigenvalue weighted by molar-refractivity contribution is 7.98. The molecule has 0 unspecified atom stereocenters. The van der Waals surface area contributed by atoms with E-state index < -0.39 is 28.5 Å². The fraction of sp³-hybridized carbons (Fsp3) is 0.333. The van der Waals surface area contributed by atoms with E-state index in [1.165, 1.54) is 28.8 Å². The van der Waals surface area contributed by atoms with Gasteiger partial charge in [-0.1, -0.05) is 48.9 Å². The van der Waals surface area contributed by atoms with Gasteiger partial charge in [0.05, 0.1) is 17.2 Å². The molecule has 0 saturated carbocycles. The second-order valence-corrected chi connectivity index (χ2v) is 12.3. The van der Waals surface area contributed by atoms with Gasteiger partial charge in [-0.15, -0.1) is 11.8 Å². The third kappa shape index (κ3) is 8.18. The van der Waals surface area contributed by atoms with Crippen LogP contribution in [-0.4, -0.2) is 57.1 Å². The van der Waals surface area contributed by atoms with Crippen molar-refractivity contribution in [2.75, 3.05) is 30.3 Å². The van der Waals surface area contributed by atoms with Crippen molar-refractivity contribution in [2.45, 2.75) is 49.6 Å². The first-order chi connectivity index (χ1) is 19.6. The van der Waals surface area contributed by atoms with Gasteiger partial charge < -0.3 is 15.0 Å².